The van der Waals surface area contributed by atoms with Crippen molar-refractivity contribution in [2.24, 2.45) is 0 Å². The second kappa shape index (κ2) is 5.03. The van der Waals surface area contributed by atoms with E-state index in [9.17, 15) is 0 Å². The Hall–Kier alpha value is -1.47. The Morgan fingerprint density at radius 1 is 1.39 bits per heavy atom. The summed E-state index contributed by atoms with van der Waals surface area (Å²) in [5, 5.41) is 10.7. The fourth-order valence-electron chi connectivity index (χ4n) is 1.54. The quantitative estimate of drug-likeness (QED) is 0.692. The molecule has 0 aliphatic heterocycles. The van der Waals surface area contributed by atoms with Gasteiger partial charge >= 0.3 is 0 Å². The summed E-state index contributed by atoms with van der Waals surface area (Å²) in [6.45, 7) is 0.564. The first kappa shape index (κ1) is 11.6. The summed E-state index contributed by atoms with van der Waals surface area (Å²) < 4.78 is 7.19. The normalized spacial score (nSPS) is 10.9. The fraction of sp³-hybridized carbons (Fsp3) is 0.182. The number of thiophene rings is 1. The molecular formula is C11H9BrN4OS. The van der Waals surface area contributed by atoms with Crippen molar-refractivity contribution >= 4 is 27.3 Å². The van der Waals surface area contributed by atoms with E-state index in [0.717, 1.165) is 16.3 Å². The highest BCUT2D eigenvalue weighted by Crippen LogP contribution is 2.23. The number of nitrogens with zero attached hydrogens (tertiary/aromatic N) is 4. The first-order chi connectivity index (χ1) is 8.85. The van der Waals surface area contributed by atoms with Crippen LogP contribution in [0.25, 0.3) is 10.8 Å². The standard InChI is InChI=1S/C11H9BrN4OS/c12-4-8-5-16(15-14-8)6-9-7-17-11(13-9)10-2-1-3-18-10/h1-3,5,7H,4,6H2. The summed E-state index contributed by atoms with van der Waals surface area (Å²) in [5.41, 5.74) is 1.74. The van der Waals surface area contributed by atoms with E-state index in [1.807, 2.05) is 23.7 Å². The maximum Gasteiger partial charge on any atom is 0.236 e. The summed E-state index contributed by atoms with van der Waals surface area (Å²) in [7, 11) is 0. The number of rotatable bonds is 4. The van der Waals surface area contributed by atoms with Crippen molar-refractivity contribution < 1.29 is 4.42 Å². The lowest BCUT2D eigenvalue weighted by Crippen LogP contribution is -2.00. The topological polar surface area (TPSA) is 56.7 Å². The van der Waals surface area contributed by atoms with Crippen LogP contribution in [-0.2, 0) is 11.9 Å². The molecule has 0 aromatic carbocycles. The smallest absolute Gasteiger partial charge is 0.236 e. The molecule has 0 amide bonds. The monoisotopic (exact) mass is 324 g/mol. The van der Waals surface area contributed by atoms with E-state index in [-0.39, 0.29) is 0 Å². The first-order valence-corrected chi connectivity index (χ1v) is 7.28. The van der Waals surface area contributed by atoms with Gasteiger partial charge in [0.25, 0.3) is 0 Å². The molecule has 3 aromatic heterocycles. The number of oxazole rings is 1. The molecule has 0 bridgehead atoms. The molecular weight excluding hydrogens is 316 g/mol. The average molecular weight is 325 g/mol. The van der Waals surface area contributed by atoms with Gasteiger partial charge in [-0.2, -0.15) is 0 Å². The lowest BCUT2D eigenvalue weighted by Gasteiger charge is -1.93. The predicted molar refractivity (Wildman–Crippen MR) is 71.6 cm³/mol. The summed E-state index contributed by atoms with van der Waals surface area (Å²) in [6, 6.07) is 3.96. The molecule has 5 nitrogen and oxygen atoms in total. The molecule has 7 heteroatoms. The molecule has 0 fully saturated rings. The molecule has 18 heavy (non-hydrogen) atoms. The maximum atomic E-state index is 5.44. The molecule has 92 valence electrons. The third-order valence-electron chi connectivity index (χ3n) is 2.33. The van der Waals surface area contributed by atoms with Gasteiger partial charge in [-0.25, -0.2) is 9.67 Å². The Kier molecular flexibility index (Phi) is 3.24. The SMILES string of the molecule is BrCc1cn(Cc2coc(-c3cccs3)n2)nn1. The molecule has 0 aliphatic carbocycles. The van der Waals surface area contributed by atoms with E-state index in [0.29, 0.717) is 17.8 Å². The highest BCUT2D eigenvalue weighted by atomic mass is 79.9. The molecule has 0 saturated heterocycles. The Morgan fingerprint density at radius 2 is 2.33 bits per heavy atom. The van der Waals surface area contributed by atoms with Gasteiger partial charge in [-0.05, 0) is 11.4 Å². The number of hydrogen-bond acceptors (Lipinski definition) is 5. The van der Waals surface area contributed by atoms with Gasteiger partial charge in [-0.15, -0.1) is 16.4 Å². The minimum absolute atomic E-state index is 0.564. The van der Waals surface area contributed by atoms with Crippen molar-refractivity contribution in [1.82, 2.24) is 20.0 Å². The number of halogens is 1. The summed E-state index contributed by atoms with van der Waals surface area (Å²) in [5.74, 6) is 0.654. The lowest BCUT2D eigenvalue weighted by atomic mass is 10.4. The fourth-order valence-corrected chi connectivity index (χ4v) is 2.45. The van der Waals surface area contributed by atoms with Crippen molar-refractivity contribution in [2.45, 2.75) is 11.9 Å². The molecule has 3 aromatic rings. The van der Waals surface area contributed by atoms with Crippen LogP contribution in [-0.4, -0.2) is 20.0 Å². The van der Waals surface area contributed by atoms with E-state index in [1.165, 1.54) is 0 Å². The van der Waals surface area contributed by atoms with Gasteiger partial charge in [0.1, 0.15) is 12.0 Å². The zero-order valence-corrected chi connectivity index (χ0v) is 11.7. The van der Waals surface area contributed by atoms with E-state index >= 15 is 0 Å². The van der Waals surface area contributed by atoms with Crippen LogP contribution in [0.15, 0.2) is 34.4 Å². The molecule has 0 saturated carbocycles. The molecule has 0 aliphatic rings. The van der Waals surface area contributed by atoms with Crippen LogP contribution in [0.1, 0.15) is 11.4 Å². The third-order valence-corrected chi connectivity index (χ3v) is 3.76. The number of hydrogen-bond donors (Lipinski definition) is 0. The van der Waals surface area contributed by atoms with Crippen LogP contribution in [0, 0.1) is 0 Å². The first-order valence-electron chi connectivity index (χ1n) is 5.28. The predicted octanol–water partition coefficient (Wildman–Crippen LogP) is 2.94. The van der Waals surface area contributed by atoms with Gasteiger partial charge in [-0.3, -0.25) is 0 Å². The van der Waals surface area contributed by atoms with Crippen molar-refractivity contribution in [1.29, 1.82) is 0 Å². The third kappa shape index (κ3) is 2.37. The molecule has 0 N–H and O–H groups in total. The Bertz CT molecular complexity index is 631. The molecule has 0 atom stereocenters. The van der Waals surface area contributed by atoms with Gasteiger partial charge in [0, 0.05) is 11.5 Å². The van der Waals surface area contributed by atoms with E-state index in [1.54, 1.807) is 22.3 Å². The minimum Gasteiger partial charge on any atom is -0.443 e. The largest absolute Gasteiger partial charge is 0.443 e. The van der Waals surface area contributed by atoms with Crippen LogP contribution < -0.4 is 0 Å². The summed E-state index contributed by atoms with van der Waals surface area (Å²) >= 11 is 4.94. The maximum absolute atomic E-state index is 5.44. The van der Waals surface area contributed by atoms with Gasteiger partial charge < -0.3 is 4.42 Å². The van der Waals surface area contributed by atoms with Crippen molar-refractivity contribution in [2.75, 3.05) is 0 Å². The molecule has 0 spiro atoms. The van der Waals surface area contributed by atoms with Crippen LogP contribution in [0.5, 0.6) is 0 Å². The Labute approximate surface area is 116 Å². The van der Waals surface area contributed by atoms with E-state index < -0.39 is 0 Å². The van der Waals surface area contributed by atoms with Crippen molar-refractivity contribution in [3.05, 3.63) is 41.4 Å². The van der Waals surface area contributed by atoms with Gasteiger partial charge in [0.15, 0.2) is 0 Å². The molecule has 0 unspecified atom stereocenters. The van der Waals surface area contributed by atoms with Gasteiger partial charge in [0.05, 0.1) is 17.1 Å². The summed E-state index contributed by atoms with van der Waals surface area (Å²) in [6.07, 6.45) is 3.54. The van der Waals surface area contributed by atoms with Crippen molar-refractivity contribution in [3.63, 3.8) is 0 Å². The highest BCUT2D eigenvalue weighted by Gasteiger charge is 2.08. The molecule has 3 rings (SSSR count). The van der Waals surface area contributed by atoms with Crippen molar-refractivity contribution in [3.8, 4) is 10.8 Å². The zero-order valence-electron chi connectivity index (χ0n) is 9.28. The minimum atomic E-state index is 0.564. The zero-order chi connectivity index (χ0) is 12.4. The molecule has 0 radical (unpaired) electrons. The number of alkyl halides is 1. The molecule has 3 heterocycles. The van der Waals surface area contributed by atoms with E-state index in [2.05, 4.69) is 31.2 Å². The Morgan fingerprint density at radius 3 is 3.06 bits per heavy atom. The second-order valence-corrected chi connectivity index (χ2v) is 5.17. The summed E-state index contributed by atoms with van der Waals surface area (Å²) in [4.78, 5) is 5.46. The number of aromatic nitrogens is 4. The van der Waals surface area contributed by atoms with Crippen LogP contribution in [0.3, 0.4) is 0 Å². The van der Waals surface area contributed by atoms with Crippen LogP contribution >= 0.6 is 27.3 Å². The van der Waals surface area contributed by atoms with Crippen LogP contribution in [0.2, 0.25) is 0 Å². The van der Waals surface area contributed by atoms with Gasteiger partial charge in [-0.1, -0.05) is 27.2 Å². The second-order valence-electron chi connectivity index (χ2n) is 3.66. The average Bonchev–Trinajstić information content (AvgIpc) is 3.10. The van der Waals surface area contributed by atoms with E-state index in [4.69, 9.17) is 4.42 Å². The lowest BCUT2D eigenvalue weighted by molar-refractivity contribution is 0.569. The highest BCUT2D eigenvalue weighted by molar-refractivity contribution is 9.08. The van der Waals surface area contributed by atoms with Gasteiger partial charge in [0.2, 0.25) is 5.89 Å². The Balaban J connectivity index is 1.77. The van der Waals surface area contributed by atoms with Crippen LogP contribution in [0.4, 0.5) is 0 Å².